The number of amides is 1. The molecule has 0 atom stereocenters. The van der Waals surface area contributed by atoms with Crippen molar-refractivity contribution in [3.8, 4) is 11.5 Å². The minimum atomic E-state index is -2.60. The van der Waals surface area contributed by atoms with Crippen LogP contribution in [0.3, 0.4) is 0 Å². The molecule has 0 heterocycles. The molecule has 0 bridgehead atoms. The van der Waals surface area contributed by atoms with E-state index in [0.29, 0.717) is 16.8 Å². The topological polar surface area (TPSA) is 38.8 Å². The highest BCUT2D eigenvalue weighted by atomic mass is 79.9. The van der Waals surface area contributed by atoms with Crippen LogP contribution in [0.15, 0.2) is 18.2 Å². The van der Waals surface area contributed by atoms with Gasteiger partial charge < -0.3 is 14.4 Å². The summed E-state index contributed by atoms with van der Waals surface area (Å²) in [6, 6.07) is 4.84. The zero-order valence-corrected chi connectivity index (χ0v) is 12.8. The van der Waals surface area contributed by atoms with E-state index < -0.39 is 18.9 Å². The highest BCUT2D eigenvalue weighted by Gasteiger charge is 2.25. The maximum absolute atomic E-state index is 12.6. The Balaban J connectivity index is 3.15. The van der Waals surface area contributed by atoms with Gasteiger partial charge in [0.2, 0.25) is 0 Å². The van der Waals surface area contributed by atoms with Crippen LogP contribution >= 0.6 is 15.9 Å². The molecule has 0 spiro atoms. The predicted molar refractivity (Wildman–Crippen MR) is 75.2 cm³/mol. The molecule has 0 saturated heterocycles. The average molecular weight is 352 g/mol. The van der Waals surface area contributed by atoms with Gasteiger partial charge in [-0.25, -0.2) is 8.78 Å². The Hall–Kier alpha value is -1.37. The maximum atomic E-state index is 12.6. The fourth-order valence-electron chi connectivity index (χ4n) is 1.76. The third-order valence-electron chi connectivity index (χ3n) is 2.64. The molecule has 0 aliphatic carbocycles. The number of hydrogen-bond acceptors (Lipinski definition) is 3. The van der Waals surface area contributed by atoms with Gasteiger partial charge in [0.15, 0.2) is 0 Å². The van der Waals surface area contributed by atoms with Crippen LogP contribution in [-0.4, -0.2) is 49.9 Å². The van der Waals surface area contributed by atoms with E-state index in [-0.39, 0.29) is 12.1 Å². The lowest BCUT2D eigenvalue weighted by molar-refractivity contribution is 0.0566. The summed E-state index contributed by atoms with van der Waals surface area (Å²) in [6.07, 6.45) is -2.60. The van der Waals surface area contributed by atoms with Crippen molar-refractivity contribution in [1.29, 1.82) is 0 Å². The summed E-state index contributed by atoms with van der Waals surface area (Å²) in [5, 5.41) is 0.406. The van der Waals surface area contributed by atoms with Crippen LogP contribution in [0, 0.1) is 0 Å². The number of hydrogen-bond donors (Lipinski definition) is 0. The Bertz CT molecular complexity index is 435. The second kappa shape index (κ2) is 8.04. The summed E-state index contributed by atoms with van der Waals surface area (Å²) < 4.78 is 35.4. The predicted octanol–water partition coefficient (Wildman–Crippen LogP) is 2.81. The van der Waals surface area contributed by atoms with Gasteiger partial charge in [0.1, 0.15) is 17.1 Å². The first-order valence-electron chi connectivity index (χ1n) is 5.89. The molecular formula is C13H16BrF2NO3. The first-order chi connectivity index (χ1) is 9.54. The van der Waals surface area contributed by atoms with Crippen molar-refractivity contribution in [3.05, 3.63) is 23.8 Å². The molecule has 1 aromatic rings. The van der Waals surface area contributed by atoms with Crippen molar-refractivity contribution >= 4 is 21.8 Å². The Kier molecular flexibility index (Phi) is 6.70. The molecule has 0 radical (unpaired) electrons. The smallest absolute Gasteiger partial charge is 0.261 e. The molecule has 0 aliphatic heterocycles. The minimum absolute atomic E-state index is 0.152. The molecule has 0 fully saturated rings. The molecule has 1 aromatic carbocycles. The highest BCUT2D eigenvalue weighted by Crippen LogP contribution is 2.29. The molecule has 20 heavy (non-hydrogen) atoms. The molecule has 0 N–H and O–H groups in total. The van der Waals surface area contributed by atoms with E-state index in [4.69, 9.17) is 9.47 Å². The average Bonchev–Trinajstić information content (AvgIpc) is 2.44. The molecular weight excluding hydrogens is 336 g/mol. The number of ether oxygens (including phenoxy) is 2. The third-order valence-corrected chi connectivity index (χ3v) is 3.00. The minimum Gasteiger partial charge on any atom is -0.496 e. The molecule has 7 heteroatoms. The van der Waals surface area contributed by atoms with Crippen LogP contribution in [0.5, 0.6) is 11.5 Å². The molecule has 112 valence electrons. The molecule has 0 saturated carbocycles. The number of nitrogens with zero attached hydrogens (tertiary/aromatic N) is 1. The number of benzene rings is 1. The first-order valence-corrected chi connectivity index (χ1v) is 7.01. The van der Waals surface area contributed by atoms with E-state index in [9.17, 15) is 13.6 Å². The number of rotatable bonds is 7. The third kappa shape index (κ3) is 4.06. The van der Waals surface area contributed by atoms with E-state index in [0.717, 1.165) is 4.90 Å². The second-order valence-electron chi connectivity index (χ2n) is 3.87. The molecule has 0 aliphatic rings. The van der Waals surface area contributed by atoms with E-state index in [1.807, 2.05) is 0 Å². The van der Waals surface area contributed by atoms with Crippen molar-refractivity contribution < 1.29 is 23.0 Å². The number of methoxy groups -OCH3 is 2. The first kappa shape index (κ1) is 16.7. The largest absolute Gasteiger partial charge is 0.496 e. The van der Waals surface area contributed by atoms with Gasteiger partial charge in [-0.15, -0.1) is 0 Å². The van der Waals surface area contributed by atoms with Gasteiger partial charge in [0.05, 0.1) is 20.8 Å². The Morgan fingerprint density at radius 1 is 1.30 bits per heavy atom. The fourth-order valence-corrected chi connectivity index (χ4v) is 2.19. The summed E-state index contributed by atoms with van der Waals surface area (Å²) in [5.41, 5.74) is 0.152. The van der Waals surface area contributed by atoms with Crippen molar-refractivity contribution in [2.45, 2.75) is 6.43 Å². The number of carbonyl (C=O) groups excluding carboxylic acids is 1. The van der Waals surface area contributed by atoms with Gasteiger partial charge in [0.25, 0.3) is 12.3 Å². The number of alkyl halides is 3. The van der Waals surface area contributed by atoms with Gasteiger partial charge in [0, 0.05) is 11.9 Å². The summed E-state index contributed by atoms with van der Waals surface area (Å²) in [6.45, 7) is -0.462. The SMILES string of the molecule is COc1cccc(OC)c1C(=O)N(CCBr)CC(F)F. The van der Waals surface area contributed by atoms with E-state index in [1.54, 1.807) is 18.2 Å². The maximum Gasteiger partial charge on any atom is 0.261 e. The van der Waals surface area contributed by atoms with Crippen LogP contribution in [0.4, 0.5) is 8.78 Å². The Labute approximate surface area is 124 Å². The Morgan fingerprint density at radius 3 is 2.25 bits per heavy atom. The van der Waals surface area contributed by atoms with Gasteiger partial charge in [-0.1, -0.05) is 22.0 Å². The van der Waals surface area contributed by atoms with Crippen molar-refractivity contribution in [2.75, 3.05) is 32.6 Å². The summed E-state index contributed by atoms with van der Waals surface area (Å²) in [7, 11) is 2.82. The quantitative estimate of drug-likeness (QED) is 0.709. The summed E-state index contributed by atoms with van der Waals surface area (Å²) in [5.74, 6) is 0.0467. The summed E-state index contributed by atoms with van der Waals surface area (Å²) in [4.78, 5) is 13.5. The van der Waals surface area contributed by atoms with Crippen LogP contribution < -0.4 is 9.47 Å². The molecule has 1 rings (SSSR count). The van der Waals surface area contributed by atoms with Crippen molar-refractivity contribution in [1.82, 2.24) is 4.90 Å². The lowest BCUT2D eigenvalue weighted by Gasteiger charge is -2.23. The van der Waals surface area contributed by atoms with Gasteiger partial charge in [-0.3, -0.25) is 4.79 Å². The van der Waals surface area contributed by atoms with Crippen molar-refractivity contribution in [3.63, 3.8) is 0 Å². The molecule has 4 nitrogen and oxygen atoms in total. The highest BCUT2D eigenvalue weighted by molar-refractivity contribution is 9.09. The van der Waals surface area contributed by atoms with Gasteiger partial charge in [-0.2, -0.15) is 0 Å². The lowest BCUT2D eigenvalue weighted by Crippen LogP contribution is -2.37. The normalized spacial score (nSPS) is 10.5. The van der Waals surface area contributed by atoms with Crippen LogP contribution in [0.1, 0.15) is 10.4 Å². The van der Waals surface area contributed by atoms with Crippen LogP contribution in [0.25, 0.3) is 0 Å². The van der Waals surface area contributed by atoms with Crippen molar-refractivity contribution in [2.24, 2.45) is 0 Å². The van der Waals surface area contributed by atoms with E-state index in [2.05, 4.69) is 15.9 Å². The monoisotopic (exact) mass is 351 g/mol. The molecule has 0 aromatic heterocycles. The zero-order valence-electron chi connectivity index (χ0n) is 11.2. The number of halogens is 3. The van der Waals surface area contributed by atoms with E-state index in [1.165, 1.54) is 14.2 Å². The van der Waals surface area contributed by atoms with Crippen LogP contribution in [-0.2, 0) is 0 Å². The second-order valence-corrected chi connectivity index (χ2v) is 4.66. The van der Waals surface area contributed by atoms with Gasteiger partial charge in [-0.05, 0) is 12.1 Å². The molecule has 1 amide bonds. The lowest BCUT2D eigenvalue weighted by atomic mass is 10.1. The Morgan fingerprint density at radius 2 is 1.85 bits per heavy atom. The fraction of sp³-hybridized carbons (Fsp3) is 0.462. The summed E-state index contributed by atoms with van der Waals surface area (Å²) >= 11 is 3.15. The van der Waals surface area contributed by atoms with E-state index >= 15 is 0 Å². The molecule has 0 unspecified atom stereocenters. The van der Waals surface area contributed by atoms with Gasteiger partial charge >= 0.3 is 0 Å². The van der Waals surface area contributed by atoms with Crippen LogP contribution in [0.2, 0.25) is 0 Å². The number of carbonyl (C=O) groups is 1. The standard InChI is InChI=1S/C13H16BrF2NO3/c1-19-9-4-3-5-10(20-2)12(9)13(18)17(7-6-14)8-11(15)16/h3-5,11H,6-8H2,1-2H3. The zero-order chi connectivity index (χ0) is 15.1.